The summed E-state index contributed by atoms with van der Waals surface area (Å²) in [5.74, 6) is 0.199. The number of aromatic nitrogens is 2. The number of hydrogen-bond acceptors (Lipinski definition) is 3. The lowest BCUT2D eigenvalue weighted by Gasteiger charge is -1.97. The summed E-state index contributed by atoms with van der Waals surface area (Å²) in [4.78, 5) is 11.6. The topological polar surface area (TPSA) is 67.1 Å². The van der Waals surface area contributed by atoms with Gasteiger partial charge in [-0.15, -0.1) is 0 Å². The van der Waals surface area contributed by atoms with Gasteiger partial charge in [0.1, 0.15) is 5.82 Å². The van der Waals surface area contributed by atoms with Crippen molar-refractivity contribution in [2.45, 2.75) is 0 Å². The summed E-state index contributed by atoms with van der Waals surface area (Å²) in [6, 6.07) is 13.6. The Morgan fingerprint density at radius 1 is 1.10 bits per heavy atom. The molecule has 4 nitrogen and oxygen atoms in total. The molecule has 5 heteroatoms. The van der Waals surface area contributed by atoms with Gasteiger partial charge in [0.2, 0.25) is 5.95 Å². The number of anilines is 1. The van der Waals surface area contributed by atoms with Gasteiger partial charge in [0, 0.05) is 29.2 Å². The normalized spacial score (nSPS) is 11.1. The van der Waals surface area contributed by atoms with E-state index in [0.29, 0.717) is 17.3 Å². The third-order valence-electron chi connectivity index (χ3n) is 3.03. The predicted molar refractivity (Wildman–Crippen MR) is 82.1 cm³/mol. The van der Waals surface area contributed by atoms with Crippen LogP contribution in [0.1, 0.15) is 5.56 Å². The number of imidazole rings is 1. The number of benzene rings is 2. The minimum absolute atomic E-state index is 0.271. The molecule has 0 amide bonds. The lowest BCUT2D eigenvalue weighted by molar-refractivity contribution is 0.628. The molecule has 21 heavy (non-hydrogen) atoms. The molecular formula is C16H13FN4. The van der Waals surface area contributed by atoms with Crippen molar-refractivity contribution in [1.29, 1.82) is 0 Å². The van der Waals surface area contributed by atoms with Gasteiger partial charge in [-0.3, -0.25) is 0 Å². The number of H-pyrrole nitrogens is 1. The first-order valence-electron chi connectivity index (χ1n) is 6.42. The standard InChI is InChI=1S/C16H13FN4/c17-13-7-5-11(6-8-13)15-10-20-16(21-15)19-9-12-3-1-2-4-14(12)18/h1-10H,18H2,(H,20,21)/b19-9+. The number of rotatable bonds is 3. The van der Waals surface area contributed by atoms with Gasteiger partial charge in [-0.2, -0.15) is 0 Å². The van der Waals surface area contributed by atoms with Crippen LogP contribution in [0.15, 0.2) is 59.7 Å². The highest BCUT2D eigenvalue weighted by Crippen LogP contribution is 2.20. The lowest BCUT2D eigenvalue weighted by atomic mass is 10.2. The quantitative estimate of drug-likeness (QED) is 0.569. The van der Waals surface area contributed by atoms with Gasteiger partial charge in [0.15, 0.2) is 0 Å². The Morgan fingerprint density at radius 2 is 1.86 bits per heavy atom. The molecule has 0 fully saturated rings. The third kappa shape index (κ3) is 2.97. The van der Waals surface area contributed by atoms with Gasteiger partial charge in [-0.1, -0.05) is 18.2 Å². The molecule has 0 saturated carbocycles. The molecule has 0 bridgehead atoms. The van der Waals surface area contributed by atoms with E-state index in [1.165, 1.54) is 12.1 Å². The minimum Gasteiger partial charge on any atom is -0.398 e. The molecule has 0 aliphatic rings. The molecule has 0 unspecified atom stereocenters. The van der Waals surface area contributed by atoms with E-state index in [4.69, 9.17) is 5.73 Å². The van der Waals surface area contributed by atoms with Crippen LogP contribution in [0.4, 0.5) is 16.0 Å². The molecule has 0 saturated heterocycles. The molecule has 3 rings (SSSR count). The van der Waals surface area contributed by atoms with Crippen molar-refractivity contribution in [3.8, 4) is 11.3 Å². The Kier molecular flexibility index (Phi) is 3.47. The van der Waals surface area contributed by atoms with E-state index in [9.17, 15) is 4.39 Å². The van der Waals surface area contributed by atoms with Gasteiger partial charge in [-0.25, -0.2) is 14.4 Å². The second-order valence-electron chi connectivity index (χ2n) is 4.50. The highest BCUT2D eigenvalue weighted by atomic mass is 19.1. The molecule has 0 radical (unpaired) electrons. The third-order valence-corrected chi connectivity index (χ3v) is 3.03. The molecule has 1 aromatic heterocycles. The van der Waals surface area contributed by atoms with Gasteiger partial charge in [0.25, 0.3) is 0 Å². The molecule has 1 heterocycles. The molecular weight excluding hydrogens is 267 g/mol. The molecule has 0 spiro atoms. The van der Waals surface area contributed by atoms with E-state index < -0.39 is 0 Å². The highest BCUT2D eigenvalue weighted by Gasteiger charge is 2.03. The number of para-hydroxylation sites is 1. The van der Waals surface area contributed by atoms with Crippen LogP contribution in [0.2, 0.25) is 0 Å². The zero-order valence-corrected chi connectivity index (χ0v) is 11.1. The van der Waals surface area contributed by atoms with E-state index in [1.807, 2.05) is 24.3 Å². The summed E-state index contributed by atoms with van der Waals surface area (Å²) >= 11 is 0. The molecule has 104 valence electrons. The fraction of sp³-hybridized carbons (Fsp3) is 0. The van der Waals surface area contributed by atoms with E-state index in [1.54, 1.807) is 24.5 Å². The minimum atomic E-state index is -0.271. The van der Waals surface area contributed by atoms with Crippen LogP contribution in [0.5, 0.6) is 0 Å². The largest absolute Gasteiger partial charge is 0.398 e. The predicted octanol–water partition coefficient (Wildman–Crippen LogP) is 3.55. The zero-order chi connectivity index (χ0) is 14.7. The molecule has 0 aliphatic carbocycles. The molecule has 0 aliphatic heterocycles. The molecule has 3 N–H and O–H groups in total. The summed E-state index contributed by atoms with van der Waals surface area (Å²) in [7, 11) is 0. The van der Waals surface area contributed by atoms with Gasteiger partial charge in [-0.05, 0) is 30.3 Å². The van der Waals surface area contributed by atoms with Crippen molar-refractivity contribution in [2.24, 2.45) is 4.99 Å². The maximum Gasteiger partial charge on any atom is 0.227 e. The number of aromatic amines is 1. The Hall–Kier alpha value is -2.95. The fourth-order valence-electron chi connectivity index (χ4n) is 1.91. The van der Waals surface area contributed by atoms with Gasteiger partial charge < -0.3 is 10.7 Å². The Labute approximate surface area is 121 Å². The number of nitrogen functional groups attached to an aromatic ring is 1. The van der Waals surface area contributed by atoms with Crippen LogP contribution in [0.3, 0.4) is 0 Å². The van der Waals surface area contributed by atoms with Crippen LogP contribution in [-0.2, 0) is 0 Å². The smallest absolute Gasteiger partial charge is 0.227 e. The Balaban J connectivity index is 1.82. The van der Waals surface area contributed by atoms with E-state index in [-0.39, 0.29) is 5.82 Å². The Morgan fingerprint density at radius 3 is 2.62 bits per heavy atom. The van der Waals surface area contributed by atoms with Crippen molar-refractivity contribution in [3.63, 3.8) is 0 Å². The number of nitrogens with two attached hydrogens (primary N) is 1. The number of hydrogen-bond donors (Lipinski definition) is 2. The number of halogens is 1. The molecule has 2 aromatic carbocycles. The number of nitrogens with zero attached hydrogens (tertiary/aromatic N) is 2. The van der Waals surface area contributed by atoms with Crippen LogP contribution < -0.4 is 5.73 Å². The average Bonchev–Trinajstić information content (AvgIpc) is 2.96. The lowest BCUT2D eigenvalue weighted by Crippen LogP contribution is -1.91. The van der Waals surface area contributed by atoms with Crippen molar-refractivity contribution >= 4 is 17.9 Å². The SMILES string of the molecule is Nc1ccccc1/C=N/c1nc(-c2ccc(F)cc2)c[nH]1. The molecule has 0 atom stereocenters. The maximum absolute atomic E-state index is 12.9. The van der Waals surface area contributed by atoms with E-state index in [2.05, 4.69) is 15.0 Å². The van der Waals surface area contributed by atoms with Crippen molar-refractivity contribution in [2.75, 3.05) is 5.73 Å². The summed E-state index contributed by atoms with van der Waals surface area (Å²) in [6.45, 7) is 0. The van der Waals surface area contributed by atoms with Crippen LogP contribution in [0.25, 0.3) is 11.3 Å². The number of nitrogens with one attached hydrogen (secondary N) is 1. The van der Waals surface area contributed by atoms with Crippen molar-refractivity contribution < 1.29 is 4.39 Å². The summed E-state index contributed by atoms with van der Waals surface area (Å²) < 4.78 is 12.9. The fourth-order valence-corrected chi connectivity index (χ4v) is 1.91. The van der Waals surface area contributed by atoms with E-state index >= 15 is 0 Å². The van der Waals surface area contributed by atoms with Crippen molar-refractivity contribution in [3.05, 3.63) is 66.1 Å². The van der Waals surface area contributed by atoms with Crippen LogP contribution in [-0.4, -0.2) is 16.2 Å². The van der Waals surface area contributed by atoms with Crippen molar-refractivity contribution in [1.82, 2.24) is 9.97 Å². The van der Waals surface area contributed by atoms with E-state index in [0.717, 1.165) is 11.1 Å². The first-order valence-corrected chi connectivity index (χ1v) is 6.42. The monoisotopic (exact) mass is 280 g/mol. The first kappa shape index (κ1) is 13.1. The van der Waals surface area contributed by atoms with Crippen LogP contribution >= 0.6 is 0 Å². The molecule has 3 aromatic rings. The summed E-state index contributed by atoms with van der Waals surface area (Å²) in [5.41, 5.74) is 8.87. The summed E-state index contributed by atoms with van der Waals surface area (Å²) in [6.07, 6.45) is 3.39. The first-order chi connectivity index (χ1) is 10.2. The number of aliphatic imine (C=N–C) groups is 1. The average molecular weight is 280 g/mol. The highest BCUT2D eigenvalue weighted by molar-refractivity contribution is 5.87. The second-order valence-corrected chi connectivity index (χ2v) is 4.50. The second kappa shape index (κ2) is 5.58. The summed E-state index contributed by atoms with van der Waals surface area (Å²) in [5, 5.41) is 0. The van der Waals surface area contributed by atoms with Crippen LogP contribution in [0, 0.1) is 5.82 Å². The van der Waals surface area contributed by atoms with Gasteiger partial charge in [0.05, 0.1) is 5.69 Å². The van der Waals surface area contributed by atoms with Gasteiger partial charge >= 0.3 is 0 Å². The zero-order valence-electron chi connectivity index (χ0n) is 11.1. The Bertz CT molecular complexity index is 775. The maximum atomic E-state index is 12.9.